The minimum atomic E-state index is -0.617. The first kappa shape index (κ1) is 16.8. The molecule has 0 radical (unpaired) electrons. The van der Waals surface area contributed by atoms with Gasteiger partial charge in [0.1, 0.15) is 0 Å². The van der Waals surface area contributed by atoms with Crippen LogP contribution in [0.15, 0.2) is 30.3 Å². The summed E-state index contributed by atoms with van der Waals surface area (Å²) in [5.41, 5.74) is 0.621. The summed E-state index contributed by atoms with van der Waals surface area (Å²) in [5, 5.41) is 5.39. The zero-order chi connectivity index (χ0) is 16.0. The lowest BCUT2D eigenvalue weighted by Crippen LogP contribution is -2.49. The van der Waals surface area contributed by atoms with E-state index in [9.17, 15) is 9.59 Å². The molecular formula is C16H22N2O3S. The zero-order valence-corrected chi connectivity index (χ0v) is 13.7. The Morgan fingerprint density at radius 2 is 2.05 bits per heavy atom. The van der Waals surface area contributed by atoms with Gasteiger partial charge in [-0.2, -0.15) is 11.8 Å². The molecule has 1 aromatic carbocycles. The van der Waals surface area contributed by atoms with Crippen molar-refractivity contribution >= 4 is 23.6 Å². The van der Waals surface area contributed by atoms with Gasteiger partial charge in [0.05, 0.1) is 11.6 Å². The fourth-order valence-corrected chi connectivity index (χ4v) is 3.77. The molecule has 0 aromatic heterocycles. The Hall–Kier alpha value is -1.53. The summed E-state index contributed by atoms with van der Waals surface area (Å²) in [6.45, 7) is 2.22. The van der Waals surface area contributed by atoms with Crippen molar-refractivity contribution in [1.29, 1.82) is 0 Å². The van der Waals surface area contributed by atoms with E-state index in [-0.39, 0.29) is 11.6 Å². The molecule has 1 aromatic rings. The van der Waals surface area contributed by atoms with Crippen LogP contribution in [0.5, 0.6) is 0 Å². The standard InChI is InChI=1S/C16H22N2O3S/c1-12(13-6-4-3-5-7-13)18-15(20)14(19)17-10-16(21-2)8-9-22-11-16/h3-7,12H,8-11H2,1-2H3,(H,17,19)(H,18,20)/t12-,16+/m0/s1. The van der Waals surface area contributed by atoms with E-state index in [2.05, 4.69) is 10.6 Å². The fourth-order valence-electron chi connectivity index (χ4n) is 2.37. The molecule has 1 aliphatic heterocycles. The van der Waals surface area contributed by atoms with Crippen molar-refractivity contribution in [3.8, 4) is 0 Å². The predicted octanol–water partition coefficient (Wildman–Crippen LogP) is 1.50. The Morgan fingerprint density at radius 3 is 2.64 bits per heavy atom. The molecule has 0 unspecified atom stereocenters. The van der Waals surface area contributed by atoms with Crippen molar-refractivity contribution in [1.82, 2.24) is 10.6 Å². The van der Waals surface area contributed by atoms with Crippen molar-refractivity contribution in [2.75, 3.05) is 25.2 Å². The molecule has 6 heteroatoms. The number of benzene rings is 1. The van der Waals surface area contributed by atoms with E-state index in [4.69, 9.17) is 4.74 Å². The first-order chi connectivity index (χ1) is 10.6. The molecule has 2 amide bonds. The van der Waals surface area contributed by atoms with E-state index in [1.165, 1.54) is 0 Å². The van der Waals surface area contributed by atoms with E-state index < -0.39 is 11.8 Å². The highest BCUT2D eigenvalue weighted by Crippen LogP contribution is 2.30. The molecule has 1 aliphatic rings. The van der Waals surface area contributed by atoms with Gasteiger partial charge < -0.3 is 15.4 Å². The van der Waals surface area contributed by atoms with Gasteiger partial charge in [-0.25, -0.2) is 0 Å². The van der Waals surface area contributed by atoms with Gasteiger partial charge in [-0.15, -0.1) is 0 Å². The predicted molar refractivity (Wildman–Crippen MR) is 87.7 cm³/mol. The van der Waals surface area contributed by atoms with E-state index in [1.807, 2.05) is 37.3 Å². The fraction of sp³-hybridized carbons (Fsp3) is 0.500. The summed E-state index contributed by atoms with van der Waals surface area (Å²) >= 11 is 1.80. The molecule has 1 saturated heterocycles. The van der Waals surface area contributed by atoms with Crippen LogP contribution in [0.2, 0.25) is 0 Å². The Bertz CT molecular complexity index is 515. The van der Waals surface area contributed by atoms with E-state index in [0.717, 1.165) is 23.5 Å². The topological polar surface area (TPSA) is 67.4 Å². The quantitative estimate of drug-likeness (QED) is 0.806. The van der Waals surface area contributed by atoms with Gasteiger partial charge in [0.2, 0.25) is 0 Å². The molecule has 1 fully saturated rings. The van der Waals surface area contributed by atoms with Gasteiger partial charge in [-0.3, -0.25) is 9.59 Å². The van der Waals surface area contributed by atoms with E-state index in [1.54, 1.807) is 18.9 Å². The van der Waals surface area contributed by atoms with E-state index >= 15 is 0 Å². The largest absolute Gasteiger partial charge is 0.376 e. The van der Waals surface area contributed by atoms with Crippen LogP contribution in [0.3, 0.4) is 0 Å². The number of thioether (sulfide) groups is 1. The average Bonchev–Trinajstić information content (AvgIpc) is 3.02. The molecule has 0 spiro atoms. The molecule has 22 heavy (non-hydrogen) atoms. The third-order valence-electron chi connectivity index (χ3n) is 3.92. The number of hydrogen-bond acceptors (Lipinski definition) is 4. The van der Waals surface area contributed by atoms with Crippen LogP contribution in [-0.2, 0) is 14.3 Å². The molecule has 1 heterocycles. The highest BCUT2D eigenvalue weighted by atomic mass is 32.2. The van der Waals surface area contributed by atoms with Crippen LogP contribution in [0, 0.1) is 0 Å². The summed E-state index contributed by atoms with van der Waals surface area (Å²) in [7, 11) is 1.65. The second kappa shape index (κ2) is 7.65. The molecule has 2 rings (SSSR count). The number of rotatable bonds is 5. The van der Waals surface area contributed by atoms with Crippen LogP contribution >= 0.6 is 11.8 Å². The number of hydrogen-bond donors (Lipinski definition) is 2. The van der Waals surface area contributed by atoms with Crippen molar-refractivity contribution in [3.05, 3.63) is 35.9 Å². The minimum absolute atomic E-state index is 0.210. The zero-order valence-electron chi connectivity index (χ0n) is 12.9. The molecule has 0 bridgehead atoms. The Morgan fingerprint density at radius 1 is 1.32 bits per heavy atom. The summed E-state index contributed by atoms with van der Waals surface area (Å²) in [6, 6.07) is 9.33. The highest BCUT2D eigenvalue weighted by Gasteiger charge is 2.35. The van der Waals surface area contributed by atoms with Crippen LogP contribution in [0.1, 0.15) is 24.9 Å². The molecule has 2 atom stereocenters. The van der Waals surface area contributed by atoms with Gasteiger partial charge in [0.15, 0.2) is 0 Å². The number of nitrogens with one attached hydrogen (secondary N) is 2. The van der Waals surface area contributed by atoms with Crippen molar-refractivity contribution in [2.24, 2.45) is 0 Å². The molecule has 0 saturated carbocycles. The average molecular weight is 322 g/mol. The van der Waals surface area contributed by atoms with Gasteiger partial charge in [0.25, 0.3) is 0 Å². The van der Waals surface area contributed by atoms with Crippen LogP contribution in [-0.4, -0.2) is 42.6 Å². The summed E-state index contributed by atoms with van der Waals surface area (Å²) < 4.78 is 5.51. The molecule has 5 nitrogen and oxygen atoms in total. The smallest absolute Gasteiger partial charge is 0.309 e. The van der Waals surface area contributed by atoms with Gasteiger partial charge in [-0.1, -0.05) is 30.3 Å². The maximum absolute atomic E-state index is 12.0. The Kier molecular flexibility index (Phi) is 5.85. The maximum atomic E-state index is 12.0. The third-order valence-corrected chi connectivity index (χ3v) is 5.15. The second-order valence-electron chi connectivity index (χ2n) is 5.48. The van der Waals surface area contributed by atoms with Crippen LogP contribution in [0.25, 0.3) is 0 Å². The third kappa shape index (κ3) is 4.24. The van der Waals surface area contributed by atoms with Gasteiger partial charge in [0, 0.05) is 19.4 Å². The van der Waals surface area contributed by atoms with Gasteiger partial charge in [-0.05, 0) is 24.7 Å². The van der Waals surface area contributed by atoms with Crippen LogP contribution < -0.4 is 10.6 Å². The first-order valence-corrected chi connectivity index (χ1v) is 8.48. The summed E-state index contributed by atoms with van der Waals surface area (Å²) in [6.07, 6.45) is 0.885. The lowest BCUT2D eigenvalue weighted by molar-refractivity contribution is -0.140. The maximum Gasteiger partial charge on any atom is 0.309 e. The number of methoxy groups -OCH3 is 1. The molecule has 0 aliphatic carbocycles. The summed E-state index contributed by atoms with van der Waals surface area (Å²) in [4.78, 5) is 23.9. The monoisotopic (exact) mass is 322 g/mol. The van der Waals surface area contributed by atoms with E-state index in [0.29, 0.717) is 6.54 Å². The van der Waals surface area contributed by atoms with Gasteiger partial charge >= 0.3 is 11.8 Å². The van der Waals surface area contributed by atoms with Crippen molar-refractivity contribution in [3.63, 3.8) is 0 Å². The van der Waals surface area contributed by atoms with Crippen molar-refractivity contribution in [2.45, 2.75) is 25.0 Å². The molecular weight excluding hydrogens is 300 g/mol. The number of amides is 2. The lowest BCUT2D eigenvalue weighted by Gasteiger charge is -2.26. The summed E-state index contributed by atoms with van der Waals surface area (Å²) in [5.74, 6) is 0.622. The number of ether oxygens (including phenoxy) is 1. The molecule has 120 valence electrons. The highest BCUT2D eigenvalue weighted by molar-refractivity contribution is 7.99. The van der Waals surface area contributed by atoms with Crippen LogP contribution in [0.4, 0.5) is 0 Å². The number of carbonyl (C=O) groups excluding carboxylic acids is 2. The molecule has 2 N–H and O–H groups in total. The second-order valence-corrected chi connectivity index (χ2v) is 6.58. The Balaban J connectivity index is 1.83. The first-order valence-electron chi connectivity index (χ1n) is 7.33. The lowest BCUT2D eigenvalue weighted by atomic mass is 10.0. The Labute approximate surface area is 135 Å². The number of carbonyl (C=O) groups is 2. The SMILES string of the molecule is CO[C@@]1(CNC(=O)C(=O)N[C@@H](C)c2ccccc2)CCSC1. The van der Waals surface area contributed by atoms with Crippen molar-refractivity contribution < 1.29 is 14.3 Å². The normalized spacial score (nSPS) is 22.1. The minimum Gasteiger partial charge on any atom is -0.376 e.